The number of imide groups is 1. The highest BCUT2D eigenvalue weighted by molar-refractivity contribution is 6.00. The summed E-state index contributed by atoms with van der Waals surface area (Å²) in [6.07, 6.45) is 0.306. The SMILES string of the molecule is Cn1c(=O)n(C2CCC(=O)NC2=O)c2c(F)ccc(N3CCN(C4CNC4)CC3)c21. The maximum Gasteiger partial charge on any atom is 0.329 e. The summed E-state index contributed by atoms with van der Waals surface area (Å²) in [5.41, 5.74) is 0.956. The number of amides is 2. The number of piperazine rings is 1. The normalized spacial score (nSPS) is 23.7. The lowest BCUT2D eigenvalue weighted by atomic mass is 10.1. The Hall–Kier alpha value is -2.72. The van der Waals surface area contributed by atoms with E-state index in [2.05, 4.69) is 20.4 Å². The van der Waals surface area contributed by atoms with Crippen molar-refractivity contribution in [1.29, 1.82) is 0 Å². The van der Waals surface area contributed by atoms with E-state index in [0.29, 0.717) is 11.6 Å². The van der Waals surface area contributed by atoms with Crippen molar-refractivity contribution in [1.82, 2.24) is 24.7 Å². The summed E-state index contributed by atoms with van der Waals surface area (Å²) in [5, 5.41) is 5.56. The highest BCUT2D eigenvalue weighted by Crippen LogP contribution is 2.32. The molecule has 0 radical (unpaired) electrons. The van der Waals surface area contributed by atoms with Gasteiger partial charge in [-0.2, -0.15) is 0 Å². The summed E-state index contributed by atoms with van der Waals surface area (Å²) in [4.78, 5) is 41.6. The fourth-order valence-corrected chi connectivity index (χ4v) is 4.79. The van der Waals surface area contributed by atoms with E-state index in [1.807, 2.05) is 0 Å². The number of hydrogen-bond acceptors (Lipinski definition) is 6. The molecule has 0 aliphatic carbocycles. The number of anilines is 1. The number of aryl methyl sites for hydroxylation is 1. The zero-order valence-electron chi connectivity index (χ0n) is 16.9. The van der Waals surface area contributed by atoms with Crippen molar-refractivity contribution in [2.45, 2.75) is 24.9 Å². The Bertz CT molecular complexity index is 1080. The highest BCUT2D eigenvalue weighted by Gasteiger charge is 2.34. The van der Waals surface area contributed by atoms with Crippen LogP contribution in [0.3, 0.4) is 0 Å². The van der Waals surface area contributed by atoms with Crippen molar-refractivity contribution in [3.8, 4) is 0 Å². The Morgan fingerprint density at radius 3 is 2.40 bits per heavy atom. The van der Waals surface area contributed by atoms with Crippen molar-refractivity contribution in [3.63, 3.8) is 0 Å². The van der Waals surface area contributed by atoms with Gasteiger partial charge >= 0.3 is 5.69 Å². The fraction of sp³-hybridized carbons (Fsp3) is 0.550. The number of benzene rings is 1. The van der Waals surface area contributed by atoms with Gasteiger partial charge in [0.2, 0.25) is 11.8 Å². The molecule has 3 aliphatic rings. The van der Waals surface area contributed by atoms with Crippen LogP contribution < -0.4 is 21.2 Å². The molecule has 2 aromatic rings. The Labute approximate surface area is 172 Å². The van der Waals surface area contributed by atoms with Gasteiger partial charge in [-0.3, -0.25) is 28.9 Å². The van der Waals surface area contributed by atoms with Crippen molar-refractivity contribution in [3.05, 3.63) is 28.4 Å². The van der Waals surface area contributed by atoms with Gasteiger partial charge in [0.25, 0.3) is 0 Å². The maximum absolute atomic E-state index is 15.0. The van der Waals surface area contributed by atoms with Crippen LogP contribution in [-0.4, -0.2) is 71.2 Å². The number of piperidine rings is 1. The quantitative estimate of drug-likeness (QED) is 0.659. The van der Waals surface area contributed by atoms with Crippen molar-refractivity contribution < 1.29 is 14.0 Å². The number of halogens is 1. The molecule has 3 fully saturated rings. The molecule has 5 rings (SSSR count). The number of carbonyl (C=O) groups excluding carboxylic acids is 2. The van der Waals surface area contributed by atoms with Gasteiger partial charge in [-0.25, -0.2) is 9.18 Å². The molecule has 0 bridgehead atoms. The third-order valence-corrected chi connectivity index (χ3v) is 6.60. The lowest BCUT2D eigenvalue weighted by Crippen LogP contribution is -2.61. The van der Waals surface area contributed by atoms with Gasteiger partial charge in [-0.15, -0.1) is 0 Å². The smallest absolute Gasteiger partial charge is 0.329 e. The summed E-state index contributed by atoms with van der Waals surface area (Å²) in [6, 6.07) is 2.76. The first-order valence-electron chi connectivity index (χ1n) is 10.4. The Balaban J connectivity index is 1.54. The molecule has 10 heteroatoms. The van der Waals surface area contributed by atoms with Gasteiger partial charge in [0.05, 0.1) is 11.2 Å². The van der Waals surface area contributed by atoms with E-state index in [1.54, 1.807) is 13.1 Å². The summed E-state index contributed by atoms with van der Waals surface area (Å²) in [7, 11) is 1.60. The molecule has 3 aliphatic heterocycles. The Morgan fingerprint density at radius 1 is 1.03 bits per heavy atom. The van der Waals surface area contributed by atoms with Crippen molar-refractivity contribution in [2.24, 2.45) is 7.05 Å². The van der Waals surface area contributed by atoms with Gasteiger partial charge in [0.1, 0.15) is 17.4 Å². The monoisotopic (exact) mass is 416 g/mol. The molecule has 1 aromatic carbocycles. The minimum Gasteiger partial charge on any atom is -0.367 e. The molecule has 2 N–H and O–H groups in total. The second-order valence-corrected chi connectivity index (χ2v) is 8.28. The molecule has 9 nitrogen and oxygen atoms in total. The first-order chi connectivity index (χ1) is 14.5. The standard InChI is InChI=1S/C20H25FN6O3/c1-24-18-14(26-8-6-25(7-9-26)12-10-22-11-12)3-2-13(21)17(18)27(20(24)30)15-4-5-16(28)23-19(15)29/h2-3,12,15,22H,4-11H2,1H3,(H,23,28,29). The molecule has 2 amide bonds. The van der Waals surface area contributed by atoms with Crippen LogP contribution in [0.5, 0.6) is 0 Å². The molecule has 1 unspecified atom stereocenters. The zero-order chi connectivity index (χ0) is 21.0. The van der Waals surface area contributed by atoms with Crippen molar-refractivity contribution in [2.75, 3.05) is 44.2 Å². The number of hydrogen-bond donors (Lipinski definition) is 2. The number of imidazole rings is 1. The number of rotatable bonds is 3. The van der Waals surface area contributed by atoms with E-state index < -0.39 is 23.5 Å². The molecule has 0 spiro atoms. The van der Waals surface area contributed by atoms with Crippen LogP contribution in [0, 0.1) is 5.82 Å². The van der Waals surface area contributed by atoms with E-state index >= 15 is 0 Å². The third-order valence-electron chi connectivity index (χ3n) is 6.60. The van der Waals surface area contributed by atoms with Crippen LogP contribution >= 0.6 is 0 Å². The summed E-state index contributed by atoms with van der Waals surface area (Å²) in [5.74, 6) is -1.48. The van der Waals surface area contributed by atoms with Crippen LogP contribution in [0.4, 0.5) is 10.1 Å². The largest absolute Gasteiger partial charge is 0.367 e. The van der Waals surface area contributed by atoms with Gasteiger partial charge in [0.15, 0.2) is 0 Å². The number of nitrogens with zero attached hydrogens (tertiary/aromatic N) is 4. The van der Waals surface area contributed by atoms with Crippen LogP contribution in [0.1, 0.15) is 18.9 Å². The average molecular weight is 416 g/mol. The molecule has 3 saturated heterocycles. The second-order valence-electron chi connectivity index (χ2n) is 8.28. The molecular formula is C20H25FN6O3. The lowest BCUT2D eigenvalue weighted by Gasteiger charge is -2.44. The Kier molecular flexibility index (Phi) is 4.62. The number of fused-ring (bicyclic) bond motifs is 1. The summed E-state index contributed by atoms with van der Waals surface area (Å²) >= 11 is 0. The van der Waals surface area contributed by atoms with Crippen LogP contribution in [0.15, 0.2) is 16.9 Å². The minimum absolute atomic E-state index is 0.124. The topological polar surface area (TPSA) is 91.6 Å². The third kappa shape index (κ3) is 2.93. The average Bonchev–Trinajstić information content (AvgIpc) is 2.94. The molecule has 1 atom stereocenters. The van der Waals surface area contributed by atoms with E-state index in [-0.39, 0.29) is 24.3 Å². The number of carbonyl (C=O) groups is 2. The van der Waals surface area contributed by atoms with E-state index in [1.165, 1.54) is 15.2 Å². The summed E-state index contributed by atoms with van der Waals surface area (Å²) < 4.78 is 17.6. The maximum atomic E-state index is 15.0. The predicted octanol–water partition coefficient (Wildman–Crippen LogP) is -0.449. The molecule has 1 aromatic heterocycles. The second kappa shape index (κ2) is 7.21. The number of aromatic nitrogens is 2. The fourth-order valence-electron chi connectivity index (χ4n) is 4.79. The van der Waals surface area contributed by atoms with E-state index in [4.69, 9.17) is 0 Å². The Morgan fingerprint density at radius 2 is 1.77 bits per heavy atom. The van der Waals surface area contributed by atoms with Crippen molar-refractivity contribution >= 4 is 28.5 Å². The summed E-state index contributed by atoms with van der Waals surface area (Å²) in [6.45, 7) is 5.43. The first-order valence-corrected chi connectivity index (χ1v) is 10.4. The first kappa shape index (κ1) is 19.3. The highest BCUT2D eigenvalue weighted by atomic mass is 19.1. The molecule has 4 heterocycles. The van der Waals surface area contributed by atoms with Crippen LogP contribution in [-0.2, 0) is 16.6 Å². The van der Waals surface area contributed by atoms with Crippen LogP contribution in [0.25, 0.3) is 11.0 Å². The molecule has 30 heavy (non-hydrogen) atoms. The molecule has 160 valence electrons. The van der Waals surface area contributed by atoms with Gasteiger partial charge < -0.3 is 10.2 Å². The minimum atomic E-state index is -0.897. The molecule has 0 saturated carbocycles. The molecular weight excluding hydrogens is 391 g/mol. The van der Waals surface area contributed by atoms with Gasteiger partial charge in [-0.1, -0.05) is 0 Å². The van der Waals surface area contributed by atoms with Crippen LogP contribution in [0.2, 0.25) is 0 Å². The lowest BCUT2D eigenvalue weighted by molar-refractivity contribution is -0.135. The zero-order valence-corrected chi connectivity index (χ0v) is 16.9. The van der Waals surface area contributed by atoms with Gasteiger partial charge in [0, 0.05) is 58.8 Å². The predicted molar refractivity (Wildman–Crippen MR) is 109 cm³/mol. The van der Waals surface area contributed by atoms with E-state index in [9.17, 15) is 18.8 Å². The van der Waals surface area contributed by atoms with Gasteiger partial charge in [-0.05, 0) is 18.6 Å². The van der Waals surface area contributed by atoms with E-state index in [0.717, 1.165) is 45.0 Å². The number of nitrogens with one attached hydrogen (secondary N) is 2.